The maximum atomic E-state index is 14.2. The fraction of sp³-hybridized carbons (Fsp3) is 0.650. The number of carbonyl (C=O) groups excluding carboxylic acids is 2. The van der Waals surface area contributed by atoms with Gasteiger partial charge in [-0.05, 0) is 50.7 Å². The van der Waals surface area contributed by atoms with E-state index in [0.717, 1.165) is 51.6 Å². The number of hydrogen-bond donors (Lipinski definition) is 0. The second-order valence-corrected chi connectivity index (χ2v) is 7.85. The molecule has 3 fully saturated rings. The second kappa shape index (κ2) is 7.54. The van der Waals surface area contributed by atoms with Crippen LogP contribution in [0.15, 0.2) is 18.3 Å². The quantitative estimate of drug-likeness (QED) is 0.795. The molecule has 0 bridgehead atoms. The minimum atomic E-state index is -0.638. The molecule has 0 radical (unpaired) electrons. The summed E-state index contributed by atoms with van der Waals surface area (Å²) in [6.45, 7) is 3.14. The summed E-state index contributed by atoms with van der Waals surface area (Å²) in [6, 6.07) is 2.16. The standard InChI is InChI=1S/C20H26FN3O3/c21-15-5-3-9-22-16(15)18(25)24-12-4-6-20(7-13-27-14-8-20)17(24)19(26)23-10-1-2-11-23/h3,5,9,17H,1-2,4,6-8,10-14H2. The van der Waals surface area contributed by atoms with Crippen LogP contribution in [-0.2, 0) is 9.53 Å². The number of rotatable bonds is 2. The molecule has 27 heavy (non-hydrogen) atoms. The molecule has 3 aliphatic rings. The van der Waals surface area contributed by atoms with Crippen LogP contribution in [0.4, 0.5) is 4.39 Å². The van der Waals surface area contributed by atoms with Gasteiger partial charge in [0.05, 0.1) is 0 Å². The first-order chi connectivity index (χ1) is 13.1. The van der Waals surface area contributed by atoms with Crippen molar-refractivity contribution in [2.45, 2.75) is 44.6 Å². The molecule has 1 atom stereocenters. The highest BCUT2D eigenvalue weighted by atomic mass is 19.1. The molecule has 4 rings (SSSR count). The average Bonchev–Trinajstić information content (AvgIpc) is 3.23. The zero-order valence-corrected chi connectivity index (χ0v) is 15.5. The summed E-state index contributed by atoms with van der Waals surface area (Å²) in [5.74, 6) is -1.10. The molecular weight excluding hydrogens is 349 g/mol. The number of likely N-dealkylation sites (tertiary alicyclic amines) is 2. The SMILES string of the molecule is O=C(C1N(C(=O)c2ncccc2F)CCCC12CCOCC2)N1CCCC1. The number of pyridine rings is 1. The second-order valence-electron chi connectivity index (χ2n) is 7.85. The van der Waals surface area contributed by atoms with E-state index in [0.29, 0.717) is 19.8 Å². The Bertz CT molecular complexity index is 709. The van der Waals surface area contributed by atoms with E-state index in [2.05, 4.69) is 4.98 Å². The summed E-state index contributed by atoms with van der Waals surface area (Å²) < 4.78 is 19.8. The molecule has 4 heterocycles. The van der Waals surface area contributed by atoms with Crippen LogP contribution in [0, 0.1) is 11.2 Å². The number of aromatic nitrogens is 1. The Hall–Kier alpha value is -2.02. The number of carbonyl (C=O) groups is 2. The van der Waals surface area contributed by atoms with Gasteiger partial charge < -0.3 is 14.5 Å². The van der Waals surface area contributed by atoms with Crippen molar-refractivity contribution in [3.05, 3.63) is 29.8 Å². The van der Waals surface area contributed by atoms with Crippen LogP contribution in [-0.4, -0.2) is 65.5 Å². The molecule has 6 nitrogen and oxygen atoms in total. The van der Waals surface area contributed by atoms with Crippen LogP contribution in [0.5, 0.6) is 0 Å². The maximum absolute atomic E-state index is 14.2. The Morgan fingerprint density at radius 1 is 1.11 bits per heavy atom. The number of ether oxygens (including phenoxy) is 1. The first-order valence-corrected chi connectivity index (χ1v) is 9.90. The normalized spacial score (nSPS) is 25.0. The first-order valence-electron chi connectivity index (χ1n) is 9.90. The molecule has 0 saturated carbocycles. The molecule has 1 aromatic rings. The summed E-state index contributed by atoms with van der Waals surface area (Å²) in [5, 5.41) is 0. The Morgan fingerprint density at radius 3 is 2.56 bits per heavy atom. The van der Waals surface area contributed by atoms with Crippen LogP contribution in [0.1, 0.15) is 49.0 Å². The first kappa shape index (κ1) is 18.3. The van der Waals surface area contributed by atoms with E-state index in [1.807, 2.05) is 4.90 Å². The van der Waals surface area contributed by atoms with Gasteiger partial charge in [0.2, 0.25) is 5.91 Å². The maximum Gasteiger partial charge on any atom is 0.276 e. The zero-order chi connectivity index (χ0) is 18.9. The highest BCUT2D eigenvalue weighted by Crippen LogP contribution is 2.45. The lowest BCUT2D eigenvalue weighted by atomic mass is 9.67. The van der Waals surface area contributed by atoms with E-state index < -0.39 is 17.8 Å². The predicted octanol–water partition coefficient (Wildman–Crippen LogP) is 2.24. The molecule has 1 unspecified atom stereocenters. The van der Waals surface area contributed by atoms with Gasteiger partial charge in [-0.3, -0.25) is 9.59 Å². The largest absolute Gasteiger partial charge is 0.381 e. The summed E-state index contributed by atoms with van der Waals surface area (Å²) in [7, 11) is 0. The highest BCUT2D eigenvalue weighted by molar-refractivity contribution is 5.97. The summed E-state index contributed by atoms with van der Waals surface area (Å²) in [5.41, 5.74) is -0.474. The molecule has 0 N–H and O–H groups in total. The molecule has 7 heteroatoms. The van der Waals surface area contributed by atoms with Crippen molar-refractivity contribution in [2.24, 2.45) is 5.41 Å². The van der Waals surface area contributed by atoms with Crippen LogP contribution in [0.25, 0.3) is 0 Å². The Morgan fingerprint density at radius 2 is 1.85 bits per heavy atom. The van der Waals surface area contributed by atoms with E-state index in [4.69, 9.17) is 4.74 Å². The van der Waals surface area contributed by atoms with Crippen molar-refractivity contribution in [3.8, 4) is 0 Å². The van der Waals surface area contributed by atoms with E-state index in [-0.39, 0.29) is 17.0 Å². The van der Waals surface area contributed by atoms with Gasteiger partial charge in [0.25, 0.3) is 5.91 Å². The van der Waals surface area contributed by atoms with E-state index >= 15 is 0 Å². The molecule has 1 aromatic heterocycles. The van der Waals surface area contributed by atoms with Crippen LogP contribution in [0.3, 0.4) is 0 Å². The van der Waals surface area contributed by atoms with Gasteiger partial charge in [0.1, 0.15) is 6.04 Å². The van der Waals surface area contributed by atoms with Crippen LogP contribution < -0.4 is 0 Å². The molecule has 0 aliphatic carbocycles. The monoisotopic (exact) mass is 375 g/mol. The zero-order valence-electron chi connectivity index (χ0n) is 15.5. The smallest absolute Gasteiger partial charge is 0.276 e. The Balaban J connectivity index is 1.70. The van der Waals surface area contributed by atoms with E-state index in [9.17, 15) is 14.0 Å². The molecule has 3 aliphatic heterocycles. The molecule has 3 saturated heterocycles. The Kier molecular flexibility index (Phi) is 5.12. The fourth-order valence-electron chi connectivity index (χ4n) is 4.90. The van der Waals surface area contributed by atoms with Gasteiger partial charge in [-0.2, -0.15) is 0 Å². The molecule has 1 spiro atoms. The number of amides is 2. The van der Waals surface area contributed by atoms with Crippen molar-refractivity contribution in [2.75, 3.05) is 32.8 Å². The third kappa shape index (κ3) is 3.33. The molecule has 2 amide bonds. The lowest BCUT2D eigenvalue weighted by Gasteiger charge is -2.51. The van der Waals surface area contributed by atoms with Gasteiger partial charge in [-0.25, -0.2) is 9.37 Å². The van der Waals surface area contributed by atoms with Crippen LogP contribution in [0.2, 0.25) is 0 Å². The lowest BCUT2D eigenvalue weighted by Crippen LogP contribution is -2.62. The number of hydrogen-bond acceptors (Lipinski definition) is 4. The lowest BCUT2D eigenvalue weighted by molar-refractivity contribution is -0.147. The van der Waals surface area contributed by atoms with Gasteiger partial charge in [-0.15, -0.1) is 0 Å². The van der Waals surface area contributed by atoms with Gasteiger partial charge in [0, 0.05) is 44.5 Å². The minimum absolute atomic E-state index is 0.0128. The Labute approximate surface area is 158 Å². The van der Waals surface area contributed by atoms with Crippen molar-refractivity contribution < 1.29 is 18.7 Å². The van der Waals surface area contributed by atoms with Crippen molar-refractivity contribution in [1.82, 2.24) is 14.8 Å². The highest BCUT2D eigenvalue weighted by Gasteiger charge is 2.52. The molecule has 0 aromatic carbocycles. The van der Waals surface area contributed by atoms with E-state index in [1.165, 1.54) is 18.3 Å². The summed E-state index contributed by atoms with van der Waals surface area (Å²) >= 11 is 0. The third-order valence-corrected chi connectivity index (χ3v) is 6.33. The van der Waals surface area contributed by atoms with Gasteiger partial charge in [0.15, 0.2) is 11.5 Å². The number of piperidine rings is 1. The summed E-state index contributed by atoms with van der Waals surface area (Å²) in [6.07, 6.45) is 6.63. The molecular formula is C20H26FN3O3. The molecule has 146 valence electrons. The number of halogens is 1. The predicted molar refractivity (Wildman–Crippen MR) is 96.6 cm³/mol. The van der Waals surface area contributed by atoms with Crippen molar-refractivity contribution >= 4 is 11.8 Å². The topological polar surface area (TPSA) is 62.7 Å². The minimum Gasteiger partial charge on any atom is -0.381 e. The number of nitrogens with zero attached hydrogens (tertiary/aromatic N) is 3. The van der Waals surface area contributed by atoms with Crippen LogP contribution >= 0.6 is 0 Å². The fourth-order valence-corrected chi connectivity index (χ4v) is 4.90. The van der Waals surface area contributed by atoms with E-state index in [1.54, 1.807) is 4.90 Å². The third-order valence-electron chi connectivity index (χ3n) is 6.33. The van der Waals surface area contributed by atoms with Gasteiger partial charge >= 0.3 is 0 Å². The van der Waals surface area contributed by atoms with Crippen molar-refractivity contribution in [1.29, 1.82) is 0 Å². The van der Waals surface area contributed by atoms with Crippen molar-refractivity contribution in [3.63, 3.8) is 0 Å². The van der Waals surface area contributed by atoms with Gasteiger partial charge in [-0.1, -0.05) is 0 Å². The average molecular weight is 375 g/mol. The summed E-state index contributed by atoms with van der Waals surface area (Å²) in [4.78, 5) is 34.1.